The number of primary amides is 1. The molecule has 0 aromatic rings. The van der Waals surface area contributed by atoms with Crippen molar-refractivity contribution in [3.8, 4) is 0 Å². The number of urea groups is 1. The number of nitrogens with zero attached hydrogens (tertiary/aromatic N) is 1. The Morgan fingerprint density at radius 1 is 2.00 bits per heavy atom. The SMILES string of the molecule is CCO/N=C/NC(N)=O. The van der Waals surface area contributed by atoms with Crippen LogP contribution in [-0.2, 0) is 4.84 Å². The van der Waals surface area contributed by atoms with Crippen molar-refractivity contribution in [1.82, 2.24) is 5.32 Å². The molecule has 9 heavy (non-hydrogen) atoms. The molecule has 0 aliphatic heterocycles. The highest BCUT2D eigenvalue weighted by Gasteiger charge is 1.81. The number of rotatable bonds is 3. The fourth-order valence-electron chi connectivity index (χ4n) is 0.202. The van der Waals surface area contributed by atoms with Crippen LogP contribution in [0.15, 0.2) is 5.16 Å². The van der Waals surface area contributed by atoms with Gasteiger partial charge in [-0.15, -0.1) is 0 Å². The van der Waals surface area contributed by atoms with Crippen LogP contribution in [0.3, 0.4) is 0 Å². The van der Waals surface area contributed by atoms with Crippen molar-refractivity contribution in [3.63, 3.8) is 0 Å². The molecular formula is C4H9N3O2. The summed E-state index contributed by atoms with van der Waals surface area (Å²) in [5.74, 6) is 0. The first-order valence-electron chi connectivity index (χ1n) is 2.47. The average molecular weight is 131 g/mol. The summed E-state index contributed by atoms with van der Waals surface area (Å²) in [5, 5.41) is 5.40. The van der Waals surface area contributed by atoms with Crippen LogP contribution >= 0.6 is 0 Å². The van der Waals surface area contributed by atoms with Gasteiger partial charge in [-0.3, -0.25) is 5.32 Å². The summed E-state index contributed by atoms with van der Waals surface area (Å²) >= 11 is 0. The van der Waals surface area contributed by atoms with Gasteiger partial charge in [0.25, 0.3) is 0 Å². The summed E-state index contributed by atoms with van der Waals surface area (Å²) in [4.78, 5) is 14.4. The molecule has 0 aliphatic carbocycles. The van der Waals surface area contributed by atoms with Crippen molar-refractivity contribution in [2.45, 2.75) is 6.92 Å². The first-order chi connectivity index (χ1) is 4.27. The van der Waals surface area contributed by atoms with Gasteiger partial charge in [0, 0.05) is 0 Å². The number of carbonyl (C=O) groups is 1. The second-order valence-corrected chi connectivity index (χ2v) is 1.16. The van der Waals surface area contributed by atoms with Crippen molar-refractivity contribution < 1.29 is 9.63 Å². The number of hydrogen-bond acceptors (Lipinski definition) is 3. The Balaban J connectivity index is 3.14. The van der Waals surface area contributed by atoms with Crippen LogP contribution in [-0.4, -0.2) is 19.0 Å². The molecule has 0 bridgehead atoms. The molecule has 0 saturated carbocycles. The number of amides is 2. The van der Waals surface area contributed by atoms with Gasteiger partial charge in [0.1, 0.15) is 12.9 Å². The lowest BCUT2D eigenvalue weighted by Gasteiger charge is -1.90. The number of carbonyl (C=O) groups excluding carboxylic acids is 1. The van der Waals surface area contributed by atoms with Crippen LogP contribution < -0.4 is 11.1 Å². The number of hydrogen-bond donors (Lipinski definition) is 2. The minimum absolute atomic E-state index is 0.469. The molecule has 0 heterocycles. The fourth-order valence-corrected chi connectivity index (χ4v) is 0.202. The van der Waals surface area contributed by atoms with Crippen LogP contribution in [0.1, 0.15) is 6.92 Å². The Kier molecular flexibility index (Phi) is 4.20. The molecule has 0 saturated heterocycles. The second kappa shape index (κ2) is 4.89. The molecule has 0 aromatic carbocycles. The molecule has 5 heteroatoms. The fraction of sp³-hybridized carbons (Fsp3) is 0.500. The van der Waals surface area contributed by atoms with E-state index in [1.807, 2.05) is 0 Å². The van der Waals surface area contributed by atoms with Gasteiger partial charge in [0.15, 0.2) is 0 Å². The Bertz CT molecular complexity index is 112. The predicted octanol–water partition coefficient (Wildman–Crippen LogP) is -0.366. The van der Waals surface area contributed by atoms with Gasteiger partial charge in [0.2, 0.25) is 0 Å². The van der Waals surface area contributed by atoms with Gasteiger partial charge in [0.05, 0.1) is 0 Å². The molecule has 2 amide bonds. The Morgan fingerprint density at radius 2 is 2.67 bits per heavy atom. The topological polar surface area (TPSA) is 76.7 Å². The zero-order chi connectivity index (χ0) is 7.11. The lowest BCUT2D eigenvalue weighted by molar-refractivity contribution is 0.159. The third kappa shape index (κ3) is 6.74. The van der Waals surface area contributed by atoms with Crippen LogP contribution in [0, 0.1) is 0 Å². The van der Waals surface area contributed by atoms with Crippen molar-refractivity contribution in [2.24, 2.45) is 10.9 Å². The molecular weight excluding hydrogens is 122 g/mol. The highest BCUT2D eigenvalue weighted by Crippen LogP contribution is 1.67. The van der Waals surface area contributed by atoms with E-state index in [0.29, 0.717) is 6.61 Å². The maximum absolute atomic E-state index is 9.93. The second-order valence-electron chi connectivity index (χ2n) is 1.16. The van der Waals surface area contributed by atoms with Crippen molar-refractivity contribution in [2.75, 3.05) is 6.61 Å². The Hall–Kier alpha value is -1.26. The Labute approximate surface area is 52.8 Å². The molecule has 0 rings (SSSR count). The predicted molar refractivity (Wildman–Crippen MR) is 32.8 cm³/mol. The van der Waals surface area contributed by atoms with E-state index in [2.05, 4.69) is 21.0 Å². The lowest BCUT2D eigenvalue weighted by Crippen LogP contribution is -2.27. The van der Waals surface area contributed by atoms with Gasteiger partial charge in [-0.1, -0.05) is 5.16 Å². The minimum Gasteiger partial charge on any atom is -0.395 e. The molecule has 0 aromatic heterocycles. The zero-order valence-corrected chi connectivity index (χ0v) is 5.13. The molecule has 0 aliphatic rings. The van der Waals surface area contributed by atoms with Crippen LogP contribution in [0.5, 0.6) is 0 Å². The van der Waals surface area contributed by atoms with E-state index in [4.69, 9.17) is 0 Å². The molecule has 52 valence electrons. The van der Waals surface area contributed by atoms with Gasteiger partial charge in [-0.05, 0) is 6.92 Å². The monoisotopic (exact) mass is 131 g/mol. The highest BCUT2D eigenvalue weighted by atomic mass is 16.6. The number of nitrogens with two attached hydrogens (primary N) is 1. The number of nitrogens with one attached hydrogen (secondary N) is 1. The van der Waals surface area contributed by atoms with Gasteiger partial charge < -0.3 is 10.6 Å². The number of oxime groups is 1. The van der Waals surface area contributed by atoms with Crippen molar-refractivity contribution in [3.05, 3.63) is 0 Å². The summed E-state index contributed by atoms with van der Waals surface area (Å²) in [6, 6.07) is -0.654. The summed E-state index contributed by atoms with van der Waals surface area (Å²) in [6.45, 7) is 2.25. The quantitative estimate of drug-likeness (QED) is 0.311. The average Bonchev–Trinajstić information content (AvgIpc) is 1.80. The standard InChI is InChI=1S/C4H9N3O2/c1-2-9-7-3-6-4(5)8/h3H,2H2,1H3,(H3,5,6,7,8). The lowest BCUT2D eigenvalue weighted by atomic mass is 10.9. The first kappa shape index (κ1) is 7.74. The van der Waals surface area contributed by atoms with Gasteiger partial charge in [-0.25, -0.2) is 4.79 Å². The third-order valence-corrected chi connectivity index (χ3v) is 0.463. The molecule has 0 unspecified atom stereocenters. The maximum atomic E-state index is 9.93. The van der Waals surface area contributed by atoms with Crippen LogP contribution in [0.25, 0.3) is 0 Å². The third-order valence-electron chi connectivity index (χ3n) is 0.463. The minimum atomic E-state index is -0.654. The summed E-state index contributed by atoms with van der Waals surface area (Å²) < 4.78 is 0. The normalized spacial score (nSPS) is 9.44. The van der Waals surface area contributed by atoms with Crippen molar-refractivity contribution in [1.29, 1.82) is 0 Å². The molecule has 0 radical (unpaired) electrons. The van der Waals surface area contributed by atoms with E-state index in [1.54, 1.807) is 6.92 Å². The first-order valence-corrected chi connectivity index (χ1v) is 2.47. The largest absolute Gasteiger partial charge is 0.395 e. The summed E-state index contributed by atoms with van der Waals surface area (Å²) in [5.41, 5.74) is 4.68. The van der Waals surface area contributed by atoms with Gasteiger partial charge in [-0.2, -0.15) is 0 Å². The van der Waals surface area contributed by atoms with E-state index in [9.17, 15) is 4.79 Å². The molecule has 0 spiro atoms. The van der Waals surface area contributed by atoms with E-state index in [1.165, 1.54) is 0 Å². The van der Waals surface area contributed by atoms with Crippen molar-refractivity contribution >= 4 is 12.4 Å². The Morgan fingerprint density at radius 3 is 3.11 bits per heavy atom. The van der Waals surface area contributed by atoms with Crippen LogP contribution in [0.4, 0.5) is 4.79 Å². The smallest absolute Gasteiger partial charge is 0.317 e. The summed E-state index contributed by atoms with van der Waals surface area (Å²) in [6.07, 6.45) is 1.09. The van der Waals surface area contributed by atoms with E-state index in [0.717, 1.165) is 6.34 Å². The summed E-state index contributed by atoms with van der Waals surface area (Å²) in [7, 11) is 0. The van der Waals surface area contributed by atoms with E-state index >= 15 is 0 Å². The molecule has 5 nitrogen and oxygen atoms in total. The highest BCUT2D eigenvalue weighted by molar-refractivity contribution is 5.84. The van der Waals surface area contributed by atoms with Gasteiger partial charge >= 0.3 is 6.03 Å². The van der Waals surface area contributed by atoms with Crippen LogP contribution in [0.2, 0.25) is 0 Å². The molecule has 0 fully saturated rings. The molecule has 3 N–H and O–H groups in total. The van der Waals surface area contributed by atoms with E-state index < -0.39 is 6.03 Å². The molecule has 0 atom stereocenters. The zero-order valence-electron chi connectivity index (χ0n) is 5.13. The maximum Gasteiger partial charge on any atom is 0.317 e. The van der Waals surface area contributed by atoms with E-state index in [-0.39, 0.29) is 0 Å².